The van der Waals surface area contributed by atoms with Gasteiger partial charge in [-0.1, -0.05) is 43.4 Å². The lowest BCUT2D eigenvalue weighted by atomic mass is 10.0. The van der Waals surface area contributed by atoms with Crippen LogP contribution in [0.5, 0.6) is 0 Å². The molecule has 0 amide bonds. The molecule has 0 bridgehead atoms. The average Bonchev–Trinajstić information content (AvgIpc) is 2.39. The number of fused-ring (bicyclic) bond motifs is 1. The van der Waals surface area contributed by atoms with Crippen molar-refractivity contribution in [2.45, 2.75) is 26.3 Å². The van der Waals surface area contributed by atoms with E-state index in [-0.39, 0.29) is 6.04 Å². The second kappa shape index (κ2) is 5.58. The van der Waals surface area contributed by atoms with Crippen molar-refractivity contribution in [2.75, 3.05) is 11.9 Å². The van der Waals surface area contributed by atoms with Crippen LogP contribution in [0.25, 0.3) is 6.08 Å². The summed E-state index contributed by atoms with van der Waals surface area (Å²) in [7, 11) is 0. The van der Waals surface area contributed by atoms with Crippen LogP contribution in [0.3, 0.4) is 0 Å². The first kappa shape index (κ1) is 11.8. The van der Waals surface area contributed by atoms with Crippen molar-refractivity contribution in [3.63, 3.8) is 0 Å². The van der Waals surface area contributed by atoms with Gasteiger partial charge in [-0.2, -0.15) is 0 Å². The summed E-state index contributed by atoms with van der Waals surface area (Å²) < 4.78 is 0. The lowest BCUT2D eigenvalue weighted by Crippen LogP contribution is -2.31. The Balaban J connectivity index is 2.11. The van der Waals surface area contributed by atoms with Crippen LogP contribution in [-0.4, -0.2) is 12.6 Å². The first-order chi connectivity index (χ1) is 8.35. The van der Waals surface area contributed by atoms with Gasteiger partial charge in [-0.15, -0.1) is 0 Å². The van der Waals surface area contributed by atoms with E-state index in [0.29, 0.717) is 0 Å². The quantitative estimate of drug-likeness (QED) is 0.825. The lowest BCUT2D eigenvalue weighted by Gasteiger charge is -2.25. The fourth-order valence-corrected chi connectivity index (χ4v) is 2.03. The maximum absolute atomic E-state index is 3.54. The molecule has 1 atom stereocenters. The zero-order valence-corrected chi connectivity index (χ0v) is 10.5. The molecule has 17 heavy (non-hydrogen) atoms. The molecule has 2 nitrogen and oxygen atoms in total. The second-order valence-corrected chi connectivity index (χ2v) is 4.24. The Kier molecular flexibility index (Phi) is 3.86. The van der Waals surface area contributed by atoms with Crippen LogP contribution in [0.2, 0.25) is 0 Å². The summed E-state index contributed by atoms with van der Waals surface area (Å²) in [6, 6.07) is 8.65. The number of nitrogens with one attached hydrogen (secondary N) is 2. The Bertz CT molecular complexity index is 432. The maximum atomic E-state index is 3.54. The van der Waals surface area contributed by atoms with Gasteiger partial charge >= 0.3 is 0 Å². The monoisotopic (exact) mass is 228 g/mol. The number of anilines is 1. The first-order valence-corrected chi connectivity index (χ1v) is 6.29. The van der Waals surface area contributed by atoms with Gasteiger partial charge in [0.1, 0.15) is 0 Å². The minimum absolute atomic E-state index is 0.265. The molecule has 1 aliphatic heterocycles. The Morgan fingerprint density at radius 1 is 1.41 bits per heavy atom. The van der Waals surface area contributed by atoms with Crippen molar-refractivity contribution < 1.29 is 0 Å². The van der Waals surface area contributed by atoms with Crippen molar-refractivity contribution in [3.8, 4) is 0 Å². The molecular formula is C15H20N2. The molecule has 0 saturated carbocycles. The van der Waals surface area contributed by atoms with E-state index in [1.807, 2.05) is 0 Å². The predicted molar refractivity (Wildman–Crippen MR) is 74.9 cm³/mol. The SMILES string of the molecule is C/C=C(\NCCC)C1C=Cc2ccccc2N1. The largest absolute Gasteiger partial charge is 0.387 e. The van der Waals surface area contributed by atoms with E-state index in [1.54, 1.807) is 0 Å². The highest BCUT2D eigenvalue weighted by Gasteiger charge is 2.14. The minimum Gasteiger partial charge on any atom is -0.387 e. The highest BCUT2D eigenvalue weighted by Crippen LogP contribution is 2.24. The van der Waals surface area contributed by atoms with E-state index >= 15 is 0 Å². The van der Waals surface area contributed by atoms with E-state index in [9.17, 15) is 0 Å². The van der Waals surface area contributed by atoms with E-state index in [0.717, 1.165) is 13.0 Å². The molecule has 2 rings (SSSR count). The third-order valence-electron chi connectivity index (χ3n) is 2.97. The zero-order valence-electron chi connectivity index (χ0n) is 10.5. The summed E-state index contributed by atoms with van der Waals surface area (Å²) in [4.78, 5) is 0. The molecule has 1 unspecified atom stereocenters. The number of para-hydroxylation sites is 1. The van der Waals surface area contributed by atoms with Gasteiger partial charge in [0, 0.05) is 17.9 Å². The van der Waals surface area contributed by atoms with Gasteiger partial charge in [-0.25, -0.2) is 0 Å². The molecule has 2 heteroatoms. The standard InChI is InChI=1S/C15H20N2/c1-3-11-16-13(4-2)15-10-9-12-7-5-6-8-14(12)17-15/h4-10,15-17H,3,11H2,1-2H3/b13-4-. The number of rotatable bonds is 4. The Morgan fingerprint density at radius 3 is 3.00 bits per heavy atom. The molecule has 0 fully saturated rings. The van der Waals surface area contributed by atoms with E-state index < -0.39 is 0 Å². The van der Waals surface area contributed by atoms with E-state index in [4.69, 9.17) is 0 Å². The van der Waals surface area contributed by atoms with Gasteiger partial charge in [-0.05, 0) is 25.0 Å². The molecule has 1 heterocycles. The molecule has 2 N–H and O–H groups in total. The lowest BCUT2D eigenvalue weighted by molar-refractivity contribution is 0.729. The Hall–Kier alpha value is -1.70. The molecule has 90 valence electrons. The molecule has 0 aromatic heterocycles. The highest BCUT2D eigenvalue weighted by molar-refractivity contribution is 5.71. The molecule has 0 saturated heterocycles. The summed E-state index contributed by atoms with van der Waals surface area (Å²) in [6.45, 7) is 5.28. The fraction of sp³-hybridized carbons (Fsp3) is 0.333. The molecular weight excluding hydrogens is 208 g/mol. The van der Waals surface area contributed by atoms with Crippen LogP contribution in [0.4, 0.5) is 5.69 Å². The number of benzene rings is 1. The van der Waals surface area contributed by atoms with Crippen molar-refractivity contribution in [1.29, 1.82) is 0 Å². The molecule has 1 aromatic rings. The van der Waals surface area contributed by atoms with Gasteiger partial charge in [0.15, 0.2) is 0 Å². The van der Waals surface area contributed by atoms with Gasteiger partial charge in [0.25, 0.3) is 0 Å². The van der Waals surface area contributed by atoms with Crippen molar-refractivity contribution in [3.05, 3.63) is 47.7 Å². The van der Waals surface area contributed by atoms with Crippen LogP contribution in [0.15, 0.2) is 42.1 Å². The van der Waals surface area contributed by atoms with E-state index in [1.165, 1.54) is 16.9 Å². The van der Waals surface area contributed by atoms with Crippen molar-refractivity contribution in [1.82, 2.24) is 5.32 Å². The molecule has 0 radical (unpaired) electrons. The van der Waals surface area contributed by atoms with Gasteiger partial charge in [0.05, 0.1) is 6.04 Å². The summed E-state index contributed by atoms with van der Waals surface area (Å²) >= 11 is 0. The number of hydrogen-bond donors (Lipinski definition) is 2. The first-order valence-electron chi connectivity index (χ1n) is 6.29. The average molecular weight is 228 g/mol. The summed E-state index contributed by atoms with van der Waals surface area (Å²) in [5, 5.41) is 7.01. The van der Waals surface area contributed by atoms with Gasteiger partial charge in [-0.3, -0.25) is 0 Å². The number of hydrogen-bond acceptors (Lipinski definition) is 2. The number of allylic oxidation sites excluding steroid dienone is 1. The topological polar surface area (TPSA) is 24.1 Å². The highest BCUT2D eigenvalue weighted by atomic mass is 15.0. The fourth-order valence-electron chi connectivity index (χ4n) is 2.03. The Morgan fingerprint density at radius 2 is 2.24 bits per heavy atom. The third kappa shape index (κ3) is 2.70. The van der Waals surface area contributed by atoms with Crippen molar-refractivity contribution in [2.24, 2.45) is 0 Å². The Labute approximate surface area is 103 Å². The van der Waals surface area contributed by atoms with Gasteiger partial charge in [0.2, 0.25) is 0 Å². The molecule has 1 aliphatic rings. The smallest absolute Gasteiger partial charge is 0.0844 e. The minimum atomic E-state index is 0.265. The van der Waals surface area contributed by atoms with Crippen LogP contribution >= 0.6 is 0 Å². The third-order valence-corrected chi connectivity index (χ3v) is 2.97. The van der Waals surface area contributed by atoms with Gasteiger partial charge < -0.3 is 10.6 Å². The second-order valence-electron chi connectivity index (χ2n) is 4.24. The van der Waals surface area contributed by atoms with Crippen LogP contribution in [-0.2, 0) is 0 Å². The van der Waals surface area contributed by atoms with Crippen LogP contribution in [0, 0.1) is 0 Å². The van der Waals surface area contributed by atoms with Crippen LogP contribution in [0.1, 0.15) is 25.8 Å². The maximum Gasteiger partial charge on any atom is 0.0844 e. The summed E-state index contributed by atoms with van der Waals surface area (Å²) in [5.74, 6) is 0. The van der Waals surface area contributed by atoms with Crippen LogP contribution < -0.4 is 10.6 Å². The van der Waals surface area contributed by atoms with Crippen molar-refractivity contribution >= 4 is 11.8 Å². The molecule has 0 spiro atoms. The summed E-state index contributed by atoms with van der Waals surface area (Å²) in [6.07, 6.45) is 7.68. The van der Waals surface area contributed by atoms with E-state index in [2.05, 4.69) is 67.0 Å². The normalized spacial score (nSPS) is 18.5. The predicted octanol–water partition coefficient (Wildman–Crippen LogP) is 3.40. The molecule has 0 aliphatic carbocycles. The molecule has 1 aromatic carbocycles. The zero-order chi connectivity index (χ0) is 12.1. The summed E-state index contributed by atoms with van der Waals surface area (Å²) in [5.41, 5.74) is 3.71.